The van der Waals surface area contributed by atoms with Crippen LogP contribution in [0.15, 0.2) is 47.7 Å². The molecule has 5 rings (SSSR count). The maximum absolute atomic E-state index is 14.7. The number of morpholine rings is 1. The molecule has 1 amide bonds. The van der Waals surface area contributed by atoms with Gasteiger partial charge in [-0.05, 0) is 48.7 Å². The molecule has 4 aromatic heterocycles. The maximum Gasteiger partial charge on any atom is 0.273 e. The smallest absolute Gasteiger partial charge is 0.273 e. The first-order valence-corrected chi connectivity index (χ1v) is 13.8. The number of rotatable bonds is 8. The van der Waals surface area contributed by atoms with E-state index in [-0.39, 0.29) is 29.3 Å². The van der Waals surface area contributed by atoms with Gasteiger partial charge < -0.3 is 19.9 Å². The number of pyridine rings is 3. The van der Waals surface area contributed by atoms with Gasteiger partial charge in [-0.2, -0.15) is 0 Å². The molecular weight excluding hydrogens is 530 g/mol. The standard InChI is InChI=1S/C30H34F2N6O3/c1-5-30(31,32)23-12-19(4)36-28(39)22(23)16-34-29(40)25-14-21(13-24-27(18(2)3)35-17-38(24)25)20-6-7-26(33-15-20)37-8-10-41-11-9-37/h6-7,12-15,17-18H,5,8-11,16H2,1-4H3,(H,34,40)(H,36,39). The molecule has 0 saturated carbocycles. The number of hydrogen-bond donors (Lipinski definition) is 2. The van der Waals surface area contributed by atoms with Crippen molar-refractivity contribution in [2.24, 2.45) is 0 Å². The number of aryl methyl sites for hydroxylation is 1. The molecule has 11 heteroatoms. The zero-order valence-electron chi connectivity index (χ0n) is 23.6. The van der Waals surface area contributed by atoms with Crippen LogP contribution in [0.1, 0.15) is 66.1 Å². The SMILES string of the molecule is CCC(F)(F)c1cc(C)[nH]c(=O)c1CNC(=O)c1cc(-c2ccc(N3CCOCC3)nc2)cc2c(C(C)C)ncn12. The number of nitrogens with one attached hydrogen (secondary N) is 2. The Bertz CT molecular complexity index is 1620. The normalized spacial score (nSPS) is 14.2. The van der Waals surface area contributed by atoms with E-state index in [0.717, 1.165) is 41.2 Å². The summed E-state index contributed by atoms with van der Waals surface area (Å²) in [5.41, 5.74) is 2.55. The number of imidazole rings is 1. The number of carbonyl (C=O) groups is 1. The van der Waals surface area contributed by atoms with Gasteiger partial charge >= 0.3 is 0 Å². The van der Waals surface area contributed by atoms with Crippen LogP contribution < -0.4 is 15.8 Å². The Morgan fingerprint density at radius 2 is 1.90 bits per heavy atom. The van der Waals surface area contributed by atoms with Crippen LogP contribution in [0.4, 0.5) is 14.6 Å². The lowest BCUT2D eigenvalue weighted by molar-refractivity contribution is -0.00954. The minimum absolute atomic E-state index is 0.0953. The monoisotopic (exact) mass is 564 g/mol. The van der Waals surface area contributed by atoms with Crippen LogP contribution in [0, 0.1) is 6.92 Å². The molecule has 0 atom stereocenters. The fraction of sp³-hybridized carbons (Fsp3) is 0.400. The largest absolute Gasteiger partial charge is 0.378 e. The lowest BCUT2D eigenvalue weighted by Gasteiger charge is -2.27. The van der Waals surface area contributed by atoms with E-state index in [1.54, 1.807) is 29.9 Å². The molecule has 0 aliphatic carbocycles. The highest BCUT2D eigenvalue weighted by Gasteiger charge is 2.33. The van der Waals surface area contributed by atoms with E-state index in [4.69, 9.17) is 4.74 Å². The molecule has 0 spiro atoms. The number of H-pyrrole nitrogens is 1. The van der Waals surface area contributed by atoms with Crippen molar-refractivity contribution >= 4 is 17.2 Å². The summed E-state index contributed by atoms with van der Waals surface area (Å²) >= 11 is 0. The van der Waals surface area contributed by atoms with Crippen molar-refractivity contribution in [1.82, 2.24) is 24.7 Å². The van der Waals surface area contributed by atoms with Gasteiger partial charge in [0.1, 0.15) is 17.8 Å². The fourth-order valence-corrected chi connectivity index (χ4v) is 5.10. The van der Waals surface area contributed by atoms with Gasteiger partial charge in [-0.1, -0.05) is 20.8 Å². The predicted molar refractivity (Wildman–Crippen MR) is 153 cm³/mol. The molecule has 1 aliphatic rings. The van der Waals surface area contributed by atoms with Gasteiger partial charge in [-0.3, -0.25) is 14.0 Å². The molecule has 1 aliphatic heterocycles. The summed E-state index contributed by atoms with van der Waals surface area (Å²) in [6.07, 6.45) is 2.89. The molecule has 4 aromatic rings. The Balaban J connectivity index is 1.50. The highest BCUT2D eigenvalue weighted by atomic mass is 19.3. The lowest BCUT2D eigenvalue weighted by Crippen LogP contribution is -2.36. The molecule has 9 nitrogen and oxygen atoms in total. The van der Waals surface area contributed by atoms with Crippen LogP contribution in [0.25, 0.3) is 16.6 Å². The fourth-order valence-electron chi connectivity index (χ4n) is 5.10. The number of fused-ring (bicyclic) bond motifs is 1. The Morgan fingerprint density at radius 1 is 1.15 bits per heavy atom. The quantitative estimate of drug-likeness (QED) is 0.319. The number of aromatic amines is 1. The van der Waals surface area contributed by atoms with Crippen molar-refractivity contribution in [2.75, 3.05) is 31.2 Å². The second-order valence-electron chi connectivity index (χ2n) is 10.6. The predicted octanol–water partition coefficient (Wildman–Crippen LogP) is 4.78. The Hall–Kier alpha value is -4.12. The highest BCUT2D eigenvalue weighted by molar-refractivity contribution is 5.95. The first-order chi connectivity index (χ1) is 19.6. The molecule has 2 N–H and O–H groups in total. The average Bonchev–Trinajstić information content (AvgIpc) is 3.41. The molecule has 5 heterocycles. The molecule has 41 heavy (non-hydrogen) atoms. The third kappa shape index (κ3) is 5.72. The number of nitrogens with zero attached hydrogens (tertiary/aromatic N) is 4. The van der Waals surface area contributed by atoms with Crippen molar-refractivity contribution in [3.8, 4) is 11.1 Å². The van der Waals surface area contributed by atoms with Crippen LogP contribution in [0.2, 0.25) is 0 Å². The molecule has 1 saturated heterocycles. The van der Waals surface area contributed by atoms with Gasteiger partial charge in [0.25, 0.3) is 17.4 Å². The summed E-state index contributed by atoms with van der Waals surface area (Å²) in [6.45, 7) is 9.45. The molecule has 0 unspecified atom stereocenters. The second-order valence-corrected chi connectivity index (χ2v) is 10.6. The van der Waals surface area contributed by atoms with Crippen molar-refractivity contribution in [3.63, 3.8) is 0 Å². The van der Waals surface area contributed by atoms with E-state index in [9.17, 15) is 18.4 Å². The maximum atomic E-state index is 14.7. The van der Waals surface area contributed by atoms with Gasteiger partial charge in [-0.15, -0.1) is 0 Å². The van der Waals surface area contributed by atoms with E-state index >= 15 is 0 Å². The number of halogens is 2. The first-order valence-electron chi connectivity index (χ1n) is 13.8. The molecule has 0 aromatic carbocycles. The summed E-state index contributed by atoms with van der Waals surface area (Å²) in [4.78, 5) is 40.2. The van der Waals surface area contributed by atoms with Crippen LogP contribution in [0.5, 0.6) is 0 Å². The lowest BCUT2D eigenvalue weighted by atomic mass is 10.00. The van der Waals surface area contributed by atoms with E-state index < -0.39 is 23.8 Å². The third-order valence-corrected chi connectivity index (χ3v) is 7.41. The number of ether oxygens (including phenoxy) is 1. The van der Waals surface area contributed by atoms with Crippen molar-refractivity contribution in [1.29, 1.82) is 0 Å². The summed E-state index contributed by atoms with van der Waals surface area (Å²) in [6, 6.07) is 8.87. The van der Waals surface area contributed by atoms with Gasteiger partial charge in [0, 0.05) is 54.6 Å². The minimum atomic E-state index is -3.21. The molecule has 0 radical (unpaired) electrons. The first kappa shape index (κ1) is 28.4. The Kier molecular flexibility index (Phi) is 7.90. The van der Waals surface area contributed by atoms with Crippen LogP contribution in [0.3, 0.4) is 0 Å². The molecular formula is C30H34F2N6O3. The van der Waals surface area contributed by atoms with E-state index in [2.05, 4.69) is 25.2 Å². The van der Waals surface area contributed by atoms with Gasteiger partial charge in [0.2, 0.25) is 0 Å². The number of carbonyl (C=O) groups excluding carboxylic acids is 1. The van der Waals surface area contributed by atoms with Crippen LogP contribution >= 0.6 is 0 Å². The van der Waals surface area contributed by atoms with Gasteiger partial charge in [0.05, 0.1) is 24.4 Å². The third-order valence-electron chi connectivity index (χ3n) is 7.41. The summed E-state index contributed by atoms with van der Waals surface area (Å²) < 4.78 is 36.6. The summed E-state index contributed by atoms with van der Waals surface area (Å²) in [5.74, 6) is -2.78. The zero-order chi connectivity index (χ0) is 29.3. The number of amides is 1. The van der Waals surface area contributed by atoms with Crippen molar-refractivity contribution < 1.29 is 18.3 Å². The zero-order valence-corrected chi connectivity index (χ0v) is 23.6. The summed E-state index contributed by atoms with van der Waals surface area (Å²) in [7, 11) is 0. The number of hydrogen-bond acceptors (Lipinski definition) is 6. The number of alkyl halides is 2. The van der Waals surface area contributed by atoms with Crippen LogP contribution in [-0.4, -0.2) is 51.6 Å². The van der Waals surface area contributed by atoms with E-state index in [1.165, 1.54) is 13.0 Å². The molecule has 1 fully saturated rings. The van der Waals surface area contributed by atoms with Gasteiger partial charge in [-0.25, -0.2) is 18.7 Å². The average molecular weight is 565 g/mol. The topological polar surface area (TPSA) is 105 Å². The number of anilines is 1. The minimum Gasteiger partial charge on any atom is -0.378 e. The highest BCUT2D eigenvalue weighted by Crippen LogP contribution is 2.33. The Labute approximate surface area is 236 Å². The molecule has 216 valence electrons. The summed E-state index contributed by atoms with van der Waals surface area (Å²) in [5, 5.41) is 2.70. The van der Waals surface area contributed by atoms with Crippen LogP contribution in [-0.2, 0) is 17.2 Å². The van der Waals surface area contributed by atoms with Crippen molar-refractivity contribution in [3.05, 3.63) is 81.4 Å². The second kappa shape index (κ2) is 11.4. The molecule has 0 bridgehead atoms. The van der Waals surface area contributed by atoms with Gasteiger partial charge in [0.15, 0.2) is 0 Å². The number of aromatic nitrogens is 4. The van der Waals surface area contributed by atoms with E-state index in [0.29, 0.717) is 18.9 Å². The van der Waals surface area contributed by atoms with E-state index in [1.807, 2.05) is 32.0 Å². The Morgan fingerprint density at radius 3 is 2.56 bits per heavy atom. The van der Waals surface area contributed by atoms with Crippen molar-refractivity contribution in [2.45, 2.75) is 52.5 Å².